The molecule has 1 aliphatic rings. The van der Waals surface area contributed by atoms with E-state index in [9.17, 15) is 19.6 Å². The van der Waals surface area contributed by atoms with Crippen molar-refractivity contribution in [2.75, 3.05) is 7.05 Å². The first-order chi connectivity index (χ1) is 18.5. The SMILES string of the molecule is CN(C(=O)[C@H](Cc1ccccc1)NC(=O)[C@@H](NC(=O)C1CCCC1)C(C)(C)C)N(C#N)Cc1ccc(Cl)cc1. The Morgan fingerprint density at radius 3 is 2.18 bits per heavy atom. The van der Waals surface area contributed by atoms with Gasteiger partial charge in [0.1, 0.15) is 12.1 Å². The van der Waals surface area contributed by atoms with Crippen LogP contribution in [0.15, 0.2) is 54.6 Å². The Hall–Kier alpha value is -3.57. The lowest BCUT2D eigenvalue weighted by atomic mass is 9.85. The third-order valence-corrected chi connectivity index (χ3v) is 7.33. The summed E-state index contributed by atoms with van der Waals surface area (Å²) in [4.78, 5) is 40.3. The van der Waals surface area contributed by atoms with Gasteiger partial charge in [-0.25, -0.2) is 10.0 Å². The highest BCUT2D eigenvalue weighted by Gasteiger charge is 2.37. The highest BCUT2D eigenvalue weighted by molar-refractivity contribution is 6.30. The molecule has 2 aromatic carbocycles. The molecule has 1 aliphatic carbocycles. The lowest BCUT2D eigenvalue weighted by Crippen LogP contribution is -2.59. The number of hydrazine groups is 1. The molecule has 8 nitrogen and oxygen atoms in total. The summed E-state index contributed by atoms with van der Waals surface area (Å²) in [7, 11) is 1.51. The average Bonchev–Trinajstić information content (AvgIpc) is 3.45. The van der Waals surface area contributed by atoms with Gasteiger partial charge >= 0.3 is 0 Å². The zero-order valence-corrected chi connectivity index (χ0v) is 23.9. The molecule has 0 spiro atoms. The fourth-order valence-electron chi connectivity index (χ4n) is 4.74. The molecule has 0 aliphatic heterocycles. The molecular formula is C30H38ClN5O3. The molecule has 9 heteroatoms. The van der Waals surface area contributed by atoms with E-state index in [0.29, 0.717) is 5.02 Å². The largest absolute Gasteiger partial charge is 0.344 e. The highest BCUT2D eigenvalue weighted by Crippen LogP contribution is 2.27. The fraction of sp³-hybridized carbons (Fsp3) is 0.467. The number of likely N-dealkylation sites (N-methyl/N-ethyl adjacent to an activating group) is 1. The van der Waals surface area contributed by atoms with Gasteiger partial charge < -0.3 is 10.6 Å². The fourth-order valence-corrected chi connectivity index (χ4v) is 4.87. The van der Waals surface area contributed by atoms with Gasteiger partial charge in [0.2, 0.25) is 11.8 Å². The number of benzene rings is 2. The predicted octanol–water partition coefficient (Wildman–Crippen LogP) is 4.45. The van der Waals surface area contributed by atoms with Crippen LogP contribution in [0.5, 0.6) is 0 Å². The van der Waals surface area contributed by atoms with Gasteiger partial charge in [-0.1, -0.05) is 87.7 Å². The van der Waals surface area contributed by atoms with E-state index in [4.69, 9.17) is 11.6 Å². The van der Waals surface area contributed by atoms with Crippen LogP contribution in [0.3, 0.4) is 0 Å². The summed E-state index contributed by atoms with van der Waals surface area (Å²) in [5, 5.41) is 18.7. The quantitative estimate of drug-likeness (QED) is 0.258. The number of hydrogen-bond acceptors (Lipinski definition) is 5. The minimum atomic E-state index is -0.959. The summed E-state index contributed by atoms with van der Waals surface area (Å²) >= 11 is 5.98. The van der Waals surface area contributed by atoms with Crippen LogP contribution in [0.4, 0.5) is 0 Å². The number of nitrogens with one attached hydrogen (secondary N) is 2. The molecule has 3 rings (SSSR count). The molecule has 208 valence electrons. The number of halogens is 1. The number of nitriles is 1. The van der Waals surface area contributed by atoms with Crippen molar-refractivity contribution in [2.45, 2.75) is 71.5 Å². The summed E-state index contributed by atoms with van der Waals surface area (Å²) in [6, 6.07) is 14.6. The van der Waals surface area contributed by atoms with Crippen LogP contribution in [0, 0.1) is 22.8 Å². The molecule has 0 radical (unpaired) electrons. The molecular weight excluding hydrogens is 514 g/mol. The second-order valence-corrected chi connectivity index (χ2v) is 11.6. The van der Waals surface area contributed by atoms with Crippen LogP contribution in [-0.4, -0.2) is 46.9 Å². The predicted molar refractivity (Wildman–Crippen MR) is 151 cm³/mol. The van der Waals surface area contributed by atoms with E-state index in [1.807, 2.05) is 51.1 Å². The minimum absolute atomic E-state index is 0.0902. The minimum Gasteiger partial charge on any atom is -0.344 e. The number of rotatable bonds is 10. The molecule has 0 bridgehead atoms. The first-order valence-corrected chi connectivity index (χ1v) is 13.7. The normalized spacial score (nSPS) is 15.1. The molecule has 1 saturated carbocycles. The summed E-state index contributed by atoms with van der Waals surface area (Å²) in [6.45, 7) is 5.81. The third-order valence-electron chi connectivity index (χ3n) is 7.08. The lowest BCUT2D eigenvalue weighted by molar-refractivity contribution is -0.146. The molecule has 2 N–H and O–H groups in total. The Kier molecular flexibility index (Phi) is 10.4. The third kappa shape index (κ3) is 8.46. The van der Waals surface area contributed by atoms with Crippen LogP contribution in [0.2, 0.25) is 5.02 Å². The Morgan fingerprint density at radius 1 is 1.00 bits per heavy atom. The van der Waals surface area contributed by atoms with Crippen LogP contribution in [0.1, 0.15) is 57.6 Å². The maximum Gasteiger partial charge on any atom is 0.264 e. The molecule has 0 aromatic heterocycles. The van der Waals surface area contributed by atoms with E-state index in [0.717, 1.165) is 36.8 Å². The van der Waals surface area contributed by atoms with E-state index in [2.05, 4.69) is 16.8 Å². The highest BCUT2D eigenvalue weighted by atomic mass is 35.5. The van der Waals surface area contributed by atoms with Crippen LogP contribution in [0.25, 0.3) is 0 Å². The Bertz CT molecular complexity index is 1170. The van der Waals surface area contributed by atoms with Gasteiger partial charge in [-0.15, -0.1) is 0 Å². The van der Waals surface area contributed by atoms with Crippen molar-refractivity contribution in [3.8, 4) is 6.19 Å². The molecule has 1 fully saturated rings. The van der Waals surface area contributed by atoms with Crippen LogP contribution < -0.4 is 10.6 Å². The molecule has 0 unspecified atom stereocenters. The molecule has 2 atom stereocenters. The number of nitrogens with zero attached hydrogens (tertiary/aromatic N) is 3. The molecule has 2 aromatic rings. The first kappa shape index (κ1) is 30.0. The summed E-state index contributed by atoms with van der Waals surface area (Å²) in [5.74, 6) is -1.09. The number of carbonyl (C=O) groups excluding carboxylic acids is 3. The zero-order chi connectivity index (χ0) is 28.6. The Labute approximate surface area is 236 Å². The summed E-state index contributed by atoms with van der Waals surface area (Å²) < 4.78 is 0. The van der Waals surface area contributed by atoms with Crippen molar-refractivity contribution < 1.29 is 14.4 Å². The maximum absolute atomic E-state index is 13.7. The topological polar surface area (TPSA) is 106 Å². The van der Waals surface area contributed by atoms with E-state index in [1.54, 1.807) is 24.3 Å². The van der Waals surface area contributed by atoms with Gasteiger partial charge in [0, 0.05) is 24.4 Å². The van der Waals surface area contributed by atoms with Gasteiger partial charge in [0.25, 0.3) is 5.91 Å². The van der Waals surface area contributed by atoms with E-state index in [1.165, 1.54) is 17.1 Å². The number of carbonyl (C=O) groups is 3. The second-order valence-electron chi connectivity index (χ2n) is 11.2. The summed E-state index contributed by atoms with van der Waals surface area (Å²) in [6.07, 6.45) is 5.95. The number of amides is 3. The van der Waals surface area contributed by atoms with Crippen LogP contribution >= 0.6 is 11.6 Å². The van der Waals surface area contributed by atoms with Gasteiger partial charge in [0.05, 0.1) is 6.54 Å². The molecule has 39 heavy (non-hydrogen) atoms. The van der Waals surface area contributed by atoms with Gasteiger partial charge in [-0.05, 0) is 41.5 Å². The van der Waals surface area contributed by atoms with E-state index >= 15 is 0 Å². The monoisotopic (exact) mass is 551 g/mol. The molecule has 0 heterocycles. The maximum atomic E-state index is 13.7. The molecule has 0 saturated heterocycles. The Balaban J connectivity index is 1.81. The van der Waals surface area contributed by atoms with Crippen LogP contribution in [-0.2, 0) is 27.3 Å². The van der Waals surface area contributed by atoms with Gasteiger partial charge in [-0.2, -0.15) is 5.26 Å². The second kappa shape index (κ2) is 13.5. The molecule has 3 amide bonds. The van der Waals surface area contributed by atoms with Crippen molar-refractivity contribution in [2.24, 2.45) is 11.3 Å². The average molecular weight is 552 g/mol. The van der Waals surface area contributed by atoms with Crippen molar-refractivity contribution in [3.63, 3.8) is 0 Å². The first-order valence-electron chi connectivity index (χ1n) is 13.3. The van der Waals surface area contributed by atoms with Crippen molar-refractivity contribution in [1.82, 2.24) is 20.7 Å². The number of hydrogen-bond donors (Lipinski definition) is 2. The smallest absolute Gasteiger partial charge is 0.264 e. The van der Waals surface area contributed by atoms with Gasteiger partial charge in [0.15, 0.2) is 6.19 Å². The van der Waals surface area contributed by atoms with Crippen molar-refractivity contribution in [1.29, 1.82) is 5.26 Å². The lowest BCUT2D eigenvalue weighted by Gasteiger charge is -2.34. The zero-order valence-electron chi connectivity index (χ0n) is 23.1. The standard InChI is InChI=1S/C30H38ClN5O3/c1-30(2,3)26(34-27(37)23-12-8-9-13-23)28(38)33-25(18-21-10-6-5-7-11-21)29(39)35(4)36(20-32)19-22-14-16-24(31)17-15-22/h5-7,10-11,14-17,23,25-26H,8-9,12-13,18-19H2,1-4H3,(H,33,38)(H,34,37)/t25-,26+/m0/s1. The Morgan fingerprint density at radius 2 is 1.62 bits per heavy atom. The van der Waals surface area contributed by atoms with Gasteiger partial charge in [-0.3, -0.25) is 14.4 Å². The van der Waals surface area contributed by atoms with Crippen molar-refractivity contribution in [3.05, 3.63) is 70.7 Å². The van der Waals surface area contributed by atoms with E-state index < -0.39 is 29.3 Å². The van der Waals surface area contributed by atoms with E-state index in [-0.39, 0.29) is 24.8 Å². The van der Waals surface area contributed by atoms with Crippen molar-refractivity contribution >= 4 is 29.3 Å². The summed E-state index contributed by atoms with van der Waals surface area (Å²) in [5.41, 5.74) is 1.07.